The van der Waals surface area contributed by atoms with Gasteiger partial charge in [0.1, 0.15) is 11.6 Å². The summed E-state index contributed by atoms with van der Waals surface area (Å²) in [6.45, 7) is 5.82. The van der Waals surface area contributed by atoms with Crippen molar-refractivity contribution >= 4 is 27.2 Å². The van der Waals surface area contributed by atoms with E-state index >= 15 is 0 Å². The molecule has 6 nitrogen and oxygen atoms in total. The van der Waals surface area contributed by atoms with Gasteiger partial charge in [-0.1, -0.05) is 12.1 Å². The van der Waals surface area contributed by atoms with Crippen LogP contribution >= 0.6 is 0 Å². The molecule has 2 N–H and O–H groups in total. The zero-order valence-electron chi connectivity index (χ0n) is 16.3. The topological polar surface area (TPSA) is 80.3 Å². The number of hydrogen-bond donors (Lipinski definition) is 2. The predicted molar refractivity (Wildman–Crippen MR) is 112 cm³/mol. The molecule has 28 heavy (non-hydrogen) atoms. The molecule has 0 fully saturated rings. The lowest BCUT2D eigenvalue weighted by atomic mass is 10.1. The monoisotopic (exact) mass is 397 g/mol. The molecule has 1 aromatic heterocycles. The molecule has 3 rings (SSSR count). The molecule has 0 unspecified atom stereocenters. The Morgan fingerprint density at radius 1 is 0.964 bits per heavy atom. The van der Waals surface area contributed by atoms with Crippen LogP contribution in [0.1, 0.15) is 16.7 Å². The van der Waals surface area contributed by atoms with Crippen LogP contribution in [0.5, 0.6) is 5.75 Å². The van der Waals surface area contributed by atoms with Gasteiger partial charge in [0.15, 0.2) is 0 Å². The second-order valence-corrected chi connectivity index (χ2v) is 8.19. The standard InChI is InChI=1S/C21H23N3O3S/c1-14-6-5-7-19(16(14)3)23-17-8-11-21(22-13-17)24-28(25,26)20-10-9-18(27-4)12-15(20)2/h5-13,23H,1-4H3,(H,22,24). The number of nitrogens with one attached hydrogen (secondary N) is 2. The highest BCUT2D eigenvalue weighted by Gasteiger charge is 2.18. The lowest BCUT2D eigenvalue weighted by Crippen LogP contribution is -2.15. The van der Waals surface area contributed by atoms with Crippen molar-refractivity contribution in [2.45, 2.75) is 25.7 Å². The highest BCUT2D eigenvalue weighted by molar-refractivity contribution is 7.92. The average molecular weight is 398 g/mol. The molecule has 0 aliphatic rings. The van der Waals surface area contributed by atoms with E-state index in [1.165, 1.54) is 11.6 Å². The minimum atomic E-state index is -3.74. The van der Waals surface area contributed by atoms with Crippen LogP contribution in [-0.2, 0) is 10.0 Å². The first-order chi connectivity index (χ1) is 13.3. The highest BCUT2D eigenvalue weighted by Crippen LogP contribution is 2.25. The lowest BCUT2D eigenvalue weighted by molar-refractivity contribution is 0.414. The van der Waals surface area contributed by atoms with Crippen LogP contribution in [0.2, 0.25) is 0 Å². The minimum Gasteiger partial charge on any atom is -0.497 e. The Balaban J connectivity index is 1.77. The summed E-state index contributed by atoms with van der Waals surface area (Å²) in [4.78, 5) is 4.41. The van der Waals surface area contributed by atoms with Crippen LogP contribution in [-0.4, -0.2) is 20.5 Å². The molecule has 0 aliphatic carbocycles. The van der Waals surface area contributed by atoms with Crippen LogP contribution in [0.3, 0.4) is 0 Å². The summed E-state index contributed by atoms with van der Waals surface area (Å²) in [6.07, 6.45) is 1.60. The van der Waals surface area contributed by atoms with E-state index in [0.29, 0.717) is 11.3 Å². The van der Waals surface area contributed by atoms with E-state index in [1.54, 1.807) is 44.5 Å². The van der Waals surface area contributed by atoms with Gasteiger partial charge in [0.2, 0.25) is 0 Å². The summed E-state index contributed by atoms with van der Waals surface area (Å²) in [5.41, 5.74) is 4.71. The SMILES string of the molecule is COc1ccc(S(=O)(=O)Nc2ccc(Nc3cccc(C)c3C)cn2)c(C)c1. The number of anilines is 3. The molecule has 146 valence electrons. The van der Waals surface area contributed by atoms with Crippen molar-refractivity contribution in [2.24, 2.45) is 0 Å². The fourth-order valence-corrected chi connectivity index (χ4v) is 4.05. The summed E-state index contributed by atoms with van der Waals surface area (Å²) in [6, 6.07) is 14.3. The Labute approximate surface area is 165 Å². The third-order valence-electron chi connectivity index (χ3n) is 4.56. The summed E-state index contributed by atoms with van der Waals surface area (Å²) in [5.74, 6) is 0.859. The van der Waals surface area contributed by atoms with Gasteiger partial charge >= 0.3 is 0 Å². The average Bonchev–Trinajstić information content (AvgIpc) is 2.66. The van der Waals surface area contributed by atoms with Crippen LogP contribution < -0.4 is 14.8 Å². The molecule has 0 atom stereocenters. The van der Waals surface area contributed by atoms with Gasteiger partial charge in [0, 0.05) is 5.69 Å². The van der Waals surface area contributed by atoms with E-state index in [1.807, 2.05) is 19.1 Å². The van der Waals surface area contributed by atoms with Crippen molar-refractivity contribution in [2.75, 3.05) is 17.1 Å². The number of hydrogen-bond acceptors (Lipinski definition) is 5. The van der Waals surface area contributed by atoms with E-state index in [0.717, 1.165) is 16.9 Å². The fraction of sp³-hybridized carbons (Fsp3) is 0.190. The van der Waals surface area contributed by atoms with Crippen LogP contribution in [0.15, 0.2) is 59.6 Å². The number of ether oxygens (including phenoxy) is 1. The van der Waals surface area contributed by atoms with Crippen molar-refractivity contribution in [1.82, 2.24) is 4.98 Å². The van der Waals surface area contributed by atoms with Gasteiger partial charge in [-0.3, -0.25) is 4.72 Å². The Morgan fingerprint density at radius 3 is 2.39 bits per heavy atom. The van der Waals surface area contributed by atoms with Crippen molar-refractivity contribution in [1.29, 1.82) is 0 Å². The first-order valence-corrected chi connectivity index (χ1v) is 10.3. The Morgan fingerprint density at radius 2 is 1.75 bits per heavy atom. The number of rotatable bonds is 6. The second-order valence-electron chi connectivity index (χ2n) is 6.54. The number of methoxy groups -OCH3 is 1. The third-order valence-corrected chi connectivity index (χ3v) is 6.07. The second kappa shape index (κ2) is 7.90. The zero-order chi connectivity index (χ0) is 20.3. The van der Waals surface area contributed by atoms with E-state index in [-0.39, 0.29) is 10.7 Å². The van der Waals surface area contributed by atoms with Crippen molar-refractivity contribution in [3.05, 3.63) is 71.4 Å². The number of sulfonamides is 1. The van der Waals surface area contributed by atoms with Crippen LogP contribution in [0, 0.1) is 20.8 Å². The molecule has 3 aromatic rings. The molecule has 1 heterocycles. The number of aryl methyl sites for hydroxylation is 2. The molecular weight excluding hydrogens is 374 g/mol. The van der Waals surface area contributed by atoms with Crippen molar-refractivity contribution in [3.63, 3.8) is 0 Å². The molecule has 0 aliphatic heterocycles. The van der Waals surface area contributed by atoms with Gasteiger partial charge in [-0.25, -0.2) is 13.4 Å². The van der Waals surface area contributed by atoms with Gasteiger partial charge in [-0.05, 0) is 73.9 Å². The summed E-state index contributed by atoms with van der Waals surface area (Å²) in [5, 5.41) is 3.30. The normalized spacial score (nSPS) is 11.1. The van der Waals surface area contributed by atoms with E-state index in [9.17, 15) is 8.42 Å². The molecule has 0 saturated carbocycles. The zero-order valence-corrected chi connectivity index (χ0v) is 17.1. The Kier molecular flexibility index (Phi) is 5.56. The molecule has 0 amide bonds. The number of benzene rings is 2. The number of pyridine rings is 1. The molecular formula is C21H23N3O3S. The summed E-state index contributed by atoms with van der Waals surface area (Å²) in [7, 11) is -2.20. The molecule has 0 bridgehead atoms. The Hall–Kier alpha value is -3.06. The smallest absolute Gasteiger partial charge is 0.263 e. The van der Waals surface area contributed by atoms with Gasteiger partial charge in [0.05, 0.1) is 23.9 Å². The molecule has 2 aromatic carbocycles. The number of nitrogens with zero attached hydrogens (tertiary/aromatic N) is 1. The van der Waals surface area contributed by atoms with E-state index in [2.05, 4.69) is 28.0 Å². The summed E-state index contributed by atoms with van der Waals surface area (Å²) >= 11 is 0. The van der Waals surface area contributed by atoms with Gasteiger partial charge in [0.25, 0.3) is 10.0 Å². The first-order valence-electron chi connectivity index (χ1n) is 8.77. The predicted octanol–water partition coefficient (Wildman–Crippen LogP) is 4.56. The molecule has 7 heteroatoms. The molecule has 0 saturated heterocycles. The van der Waals surface area contributed by atoms with Crippen LogP contribution in [0.25, 0.3) is 0 Å². The van der Waals surface area contributed by atoms with E-state index in [4.69, 9.17) is 4.74 Å². The van der Waals surface area contributed by atoms with Crippen LogP contribution in [0.4, 0.5) is 17.2 Å². The maximum absolute atomic E-state index is 12.7. The lowest BCUT2D eigenvalue weighted by Gasteiger charge is -2.13. The van der Waals surface area contributed by atoms with Gasteiger partial charge in [-0.15, -0.1) is 0 Å². The summed E-state index contributed by atoms with van der Waals surface area (Å²) < 4.78 is 33.0. The molecule has 0 radical (unpaired) electrons. The highest BCUT2D eigenvalue weighted by atomic mass is 32.2. The van der Waals surface area contributed by atoms with Crippen molar-refractivity contribution < 1.29 is 13.2 Å². The largest absolute Gasteiger partial charge is 0.497 e. The maximum Gasteiger partial charge on any atom is 0.263 e. The minimum absolute atomic E-state index is 0.188. The first kappa shape index (κ1) is 19.7. The third kappa shape index (κ3) is 4.26. The fourth-order valence-electron chi connectivity index (χ4n) is 2.81. The van der Waals surface area contributed by atoms with E-state index < -0.39 is 10.0 Å². The van der Waals surface area contributed by atoms with Crippen molar-refractivity contribution in [3.8, 4) is 5.75 Å². The van der Waals surface area contributed by atoms with Gasteiger partial charge < -0.3 is 10.1 Å². The Bertz CT molecular complexity index is 1090. The van der Waals surface area contributed by atoms with Gasteiger partial charge in [-0.2, -0.15) is 0 Å². The quantitative estimate of drug-likeness (QED) is 0.637. The number of aromatic nitrogens is 1. The molecule has 0 spiro atoms. The maximum atomic E-state index is 12.7.